The van der Waals surface area contributed by atoms with Crippen LogP contribution in [0, 0.1) is 6.92 Å². The number of nitrogens with zero attached hydrogens (tertiary/aromatic N) is 1. The van der Waals surface area contributed by atoms with Crippen LogP contribution >= 0.6 is 23.2 Å². The second-order valence-electron chi connectivity index (χ2n) is 8.05. The molecular formula is C27H22Cl2N2O5. The number of aromatic nitrogens is 1. The van der Waals surface area contributed by atoms with Gasteiger partial charge in [-0.05, 0) is 36.8 Å². The Labute approximate surface area is 217 Å². The van der Waals surface area contributed by atoms with Gasteiger partial charge in [0.1, 0.15) is 23.6 Å². The van der Waals surface area contributed by atoms with Gasteiger partial charge in [-0.3, -0.25) is 9.59 Å². The maximum absolute atomic E-state index is 13.3. The average molecular weight is 525 g/mol. The van der Waals surface area contributed by atoms with Crippen LogP contribution in [0.25, 0.3) is 22.6 Å². The van der Waals surface area contributed by atoms with Crippen molar-refractivity contribution in [1.29, 1.82) is 0 Å². The van der Waals surface area contributed by atoms with E-state index < -0.39 is 11.9 Å². The van der Waals surface area contributed by atoms with E-state index in [0.29, 0.717) is 43.9 Å². The molecule has 0 saturated carbocycles. The van der Waals surface area contributed by atoms with Crippen LogP contribution in [-0.2, 0) is 11.2 Å². The van der Waals surface area contributed by atoms with Gasteiger partial charge in [0.15, 0.2) is 5.76 Å². The summed E-state index contributed by atoms with van der Waals surface area (Å²) in [4.78, 5) is 24.5. The SMILES string of the molecule is Cc1ccc(-c2onc(-c3cccc(CC(=O)O)c3)c2C(=O)NCCOc2ccc(Cl)cc2Cl)cc1. The van der Waals surface area contributed by atoms with Gasteiger partial charge < -0.3 is 19.7 Å². The van der Waals surface area contributed by atoms with Gasteiger partial charge in [0.25, 0.3) is 5.91 Å². The molecule has 0 saturated heterocycles. The summed E-state index contributed by atoms with van der Waals surface area (Å²) in [5.41, 5.74) is 3.47. The molecule has 9 heteroatoms. The minimum atomic E-state index is -0.952. The molecule has 0 bridgehead atoms. The first-order valence-electron chi connectivity index (χ1n) is 11.1. The van der Waals surface area contributed by atoms with Crippen LogP contribution in [0.3, 0.4) is 0 Å². The largest absolute Gasteiger partial charge is 0.490 e. The molecule has 2 N–H and O–H groups in total. The normalized spacial score (nSPS) is 10.8. The lowest BCUT2D eigenvalue weighted by molar-refractivity contribution is -0.136. The highest BCUT2D eigenvalue weighted by molar-refractivity contribution is 6.35. The first-order chi connectivity index (χ1) is 17.3. The van der Waals surface area contributed by atoms with Crippen LogP contribution in [0.4, 0.5) is 0 Å². The third-order valence-corrected chi connectivity index (χ3v) is 5.86. The molecule has 36 heavy (non-hydrogen) atoms. The van der Waals surface area contributed by atoms with Crippen molar-refractivity contribution in [3.8, 4) is 28.3 Å². The van der Waals surface area contributed by atoms with Gasteiger partial charge in [-0.2, -0.15) is 0 Å². The number of hydrogen-bond acceptors (Lipinski definition) is 5. The number of halogens is 2. The molecule has 1 amide bonds. The fourth-order valence-corrected chi connectivity index (χ4v) is 4.07. The fraction of sp³-hybridized carbons (Fsp3) is 0.148. The van der Waals surface area contributed by atoms with Crippen molar-refractivity contribution in [2.24, 2.45) is 0 Å². The highest BCUT2D eigenvalue weighted by Gasteiger charge is 2.25. The van der Waals surface area contributed by atoms with E-state index in [9.17, 15) is 9.59 Å². The number of rotatable bonds is 9. The Hall–Kier alpha value is -3.81. The number of amides is 1. The number of carboxylic acids is 1. The summed E-state index contributed by atoms with van der Waals surface area (Å²) in [5, 5.41) is 17.0. The van der Waals surface area contributed by atoms with Gasteiger partial charge in [-0.15, -0.1) is 0 Å². The van der Waals surface area contributed by atoms with Crippen LogP contribution in [0.1, 0.15) is 21.5 Å². The monoisotopic (exact) mass is 524 g/mol. The zero-order valence-electron chi connectivity index (χ0n) is 19.3. The van der Waals surface area contributed by atoms with Crippen LogP contribution in [0.15, 0.2) is 71.3 Å². The first-order valence-corrected chi connectivity index (χ1v) is 11.8. The molecule has 0 aliphatic rings. The smallest absolute Gasteiger partial charge is 0.307 e. The lowest BCUT2D eigenvalue weighted by atomic mass is 9.99. The van der Waals surface area contributed by atoms with Crippen molar-refractivity contribution in [1.82, 2.24) is 10.5 Å². The summed E-state index contributed by atoms with van der Waals surface area (Å²) in [7, 11) is 0. The Bertz CT molecular complexity index is 1400. The van der Waals surface area contributed by atoms with Crippen molar-refractivity contribution < 1.29 is 24.0 Å². The average Bonchev–Trinajstić information content (AvgIpc) is 3.28. The number of carbonyl (C=O) groups is 2. The molecule has 0 unspecified atom stereocenters. The molecule has 0 aliphatic carbocycles. The number of hydrogen-bond donors (Lipinski definition) is 2. The summed E-state index contributed by atoms with van der Waals surface area (Å²) in [6, 6.07) is 19.3. The number of carbonyl (C=O) groups excluding carboxylic acids is 1. The summed E-state index contributed by atoms with van der Waals surface area (Å²) in [6.07, 6.45) is -0.150. The van der Waals surface area contributed by atoms with Crippen molar-refractivity contribution >= 4 is 35.1 Å². The molecule has 0 fully saturated rings. The van der Waals surface area contributed by atoms with E-state index in [1.807, 2.05) is 31.2 Å². The van der Waals surface area contributed by atoms with Gasteiger partial charge in [0, 0.05) is 16.1 Å². The molecular weight excluding hydrogens is 503 g/mol. The second kappa shape index (κ2) is 11.3. The van der Waals surface area contributed by atoms with Crippen LogP contribution in [0.2, 0.25) is 10.0 Å². The van der Waals surface area contributed by atoms with Gasteiger partial charge in [-0.25, -0.2) is 0 Å². The molecule has 4 aromatic rings. The molecule has 184 valence electrons. The summed E-state index contributed by atoms with van der Waals surface area (Å²) in [6.45, 7) is 2.32. The molecule has 1 aromatic heterocycles. The summed E-state index contributed by atoms with van der Waals surface area (Å²) >= 11 is 12.0. The van der Waals surface area contributed by atoms with Gasteiger partial charge in [-0.1, -0.05) is 76.4 Å². The van der Waals surface area contributed by atoms with E-state index in [0.717, 1.165) is 5.56 Å². The highest BCUT2D eigenvalue weighted by atomic mass is 35.5. The van der Waals surface area contributed by atoms with Crippen LogP contribution in [0.5, 0.6) is 5.75 Å². The minimum Gasteiger partial charge on any atom is -0.490 e. The first kappa shape index (κ1) is 25.3. The van der Waals surface area contributed by atoms with E-state index in [1.54, 1.807) is 42.5 Å². The second-order valence-corrected chi connectivity index (χ2v) is 8.89. The molecule has 0 atom stereocenters. The highest BCUT2D eigenvalue weighted by Crippen LogP contribution is 2.33. The zero-order valence-corrected chi connectivity index (χ0v) is 20.8. The van der Waals surface area contributed by atoms with Crippen LogP contribution < -0.4 is 10.1 Å². The minimum absolute atomic E-state index is 0.150. The number of carboxylic acid groups (broad SMARTS) is 1. The van der Waals surface area contributed by atoms with Crippen molar-refractivity contribution in [2.45, 2.75) is 13.3 Å². The molecule has 0 spiro atoms. The predicted octanol–water partition coefficient (Wildman–Crippen LogP) is 6.06. The molecule has 7 nitrogen and oxygen atoms in total. The molecule has 3 aromatic carbocycles. The maximum atomic E-state index is 13.3. The Kier molecular flexibility index (Phi) is 7.93. The van der Waals surface area contributed by atoms with Crippen molar-refractivity contribution in [2.75, 3.05) is 13.2 Å². The van der Waals surface area contributed by atoms with E-state index in [-0.39, 0.29) is 25.1 Å². The Morgan fingerprint density at radius 3 is 2.53 bits per heavy atom. The Morgan fingerprint density at radius 1 is 1.03 bits per heavy atom. The Morgan fingerprint density at radius 2 is 1.81 bits per heavy atom. The van der Waals surface area contributed by atoms with Gasteiger partial charge >= 0.3 is 5.97 Å². The Balaban J connectivity index is 1.59. The summed E-state index contributed by atoms with van der Waals surface area (Å²) < 4.78 is 11.3. The van der Waals surface area contributed by atoms with E-state index in [2.05, 4.69) is 10.5 Å². The maximum Gasteiger partial charge on any atom is 0.307 e. The number of nitrogens with one attached hydrogen (secondary N) is 1. The number of benzene rings is 3. The summed E-state index contributed by atoms with van der Waals surface area (Å²) in [5.74, 6) is -0.591. The van der Waals surface area contributed by atoms with Gasteiger partial charge in [0.2, 0.25) is 0 Å². The standard InChI is InChI=1S/C27H22Cl2N2O5/c1-16-5-7-18(8-6-16)26-24(25(31-36-26)19-4-2-3-17(13-19)14-23(32)33)27(34)30-11-12-35-22-10-9-20(28)15-21(22)29/h2-10,13,15H,11-12,14H2,1H3,(H,30,34)(H,32,33). The lowest BCUT2D eigenvalue weighted by Crippen LogP contribution is -2.28. The molecule has 0 aliphatic heterocycles. The van der Waals surface area contributed by atoms with Crippen molar-refractivity contribution in [3.63, 3.8) is 0 Å². The topological polar surface area (TPSA) is 102 Å². The lowest BCUT2D eigenvalue weighted by Gasteiger charge is -2.10. The van der Waals surface area contributed by atoms with Crippen LogP contribution in [-0.4, -0.2) is 35.3 Å². The molecule has 4 rings (SSSR count). The van der Waals surface area contributed by atoms with E-state index in [4.69, 9.17) is 37.6 Å². The van der Waals surface area contributed by atoms with E-state index >= 15 is 0 Å². The quantitative estimate of drug-likeness (QED) is 0.258. The van der Waals surface area contributed by atoms with Gasteiger partial charge in [0.05, 0.1) is 18.0 Å². The van der Waals surface area contributed by atoms with Crippen molar-refractivity contribution in [3.05, 3.63) is 93.5 Å². The third kappa shape index (κ3) is 6.05. The predicted molar refractivity (Wildman–Crippen MR) is 138 cm³/mol. The van der Waals surface area contributed by atoms with E-state index in [1.165, 1.54) is 0 Å². The third-order valence-electron chi connectivity index (χ3n) is 5.33. The fourth-order valence-electron chi connectivity index (χ4n) is 3.61. The number of aryl methyl sites for hydroxylation is 1. The molecule has 0 radical (unpaired) electrons. The number of ether oxygens (including phenoxy) is 1. The number of aliphatic carboxylic acids is 1. The zero-order chi connectivity index (χ0) is 25.7. The molecule has 1 heterocycles.